The van der Waals surface area contributed by atoms with Crippen LogP contribution >= 0.6 is 0 Å². The van der Waals surface area contributed by atoms with Crippen molar-refractivity contribution in [1.29, 1.82) is 0 Å². The summed E-state index contributed by atoms with van der Waals surface area (Å²) < 4.78 is 64.3. The lowest BCUT2D eigenvalue weighted by Gasteiger charge is -2.09. The van der Waals surface area contributed by atoms with Crippen molar-refractivity contribution >= 4 is 26.1 Å². The third kappa shape index (κ3) is 4.17. The molecule has 2 rings (SSSR count). The molecule has 0 saturated carbocycles. The van der Waals surface area contributed by atoms with Crippen molar-refractivity contribution in [3.63, 3.8) is 0 Å². The summed E-state index contributed by atoms with van der Waals surface area (Å²) in [7, 11) is -9.62. The van der Waals surface area contributed by atoms with Gasteiger partial charge in [-0.1, -0.05) is 0 Å². The molecule has 0 atom stereocenters. The Morgan fingerprint density at radius 3 is 2.31 bits per heavy atom. The van der Waals surface area contributed by atoms with E-state index in [1.807, 2.05) is 0 Å². The first-order valence-electron chi connectivity index (χ1n) is 6.75. The number of carbonyl (C=O) groups is 1. The Bertz CT molecular complexity index is 1110. The Hall–Kier alpha value is -2.52. The Morgan fingerprint density at radius 1 is 1.12 bits per heavy atom. The van der Waals surface area contributed by atoms with Gasteiger partial charge in [0, 0.05) is 12.6 Å². The summed E-state index contributed by atoms with van der Waals surface area (Å²) in [5.41, 5.74) is -1.90. The topological polar surface area (TPSA) is 196 Å². The normalized spacial score (nSPS) is 12.1. The van der Waals surface area contributed by atoms with Crippen LogP contribution in [0.2, 0.25) is 0 Å². The molecule has 0 radical (unpaired) electrons. The average molecular weight is 407 g/mol. The molecule has 0 fully saturated rings. The van der Waals surface area contributed by atoms with E-state index in [9.17, 15) is 31.0 Å². The molecule has 0 aliphatic rings. The summed E-state index contributed by atoms with van der Waals surface area (Å²) in [6.45, 7) is -0.472. The zero-order chi connectivity index (χ0) is 19.7. The smallest absolute Gasteiger partial charge is 0.296 e. The molecule has 1 heterocycles. The fraction of sp³-hybridized carbons (Fsp3) is 0.167. The molecular weight excluding hydrogens is 394 g/mol. The molecule has 0 aliphatic heterocycles. The van der Waals surface area contributed by atoms with Gasteiger partial charge in [0.1, 0.15) is 10.6 Å². The van der Waals surface area contributed by atoms with Crippen molar-refractivity contribution in [3.05, 3.63) is 40.3 Å². The van der Waals surface area contributed by atoms with Crippen LogP contribution in [0.5, 0.6) is 0 Å². The third-order valence-electron chi connectivity index (χ3n) is 3.11. The van der Waals surface area contributed by atoms with Crippen LogP contribution in [0.1, 0.15) is 10.5 Å². The maximum Gasteiger partial charge on any atom is 0.296 e. The number of aromatic nitrogens is 2. The molecule has 0 saturated heterocycles. The van der Waals surface area contributed by atoms with E-state index < -0.39 is 47.2 Å². The first kappa shape index (κ1) is 19.8. The van der Waals surface area contributed by atoms with E-state index in [1.54, 1.807) is 0 Å². The number of nitrogens with zero attached hydrogens (tertiary/aromatic N) is 1. The number of hydrogen-bond donors (Lipinski definition) is 5. The first-order chi connectivity index (χ1) is 11.9. The molecule has 1 aromatic carbocycles. The van der Waals surface area contributed by atoms with Crippen LogP contribution < -0.4 is 10.9 Å². The second kappa shape index (κ2) is 7.00. The minimum Gasteiger partial charge on any atom is -0.395 e. The van der Waals surface area contributed by atoms with Gasteiger partial charge < -0.3 is 10.4 Å². The van der Waals surface area contributed by atoms with Gasteiger partial charge in [0.2, 0.25) is 0 Å². The lowest BCUT2D eigenvalue weighted by atomic mass is 10.3. The maximum atomic E-state index is 12.1. The third-order valence-corrected chi connectivity index (χ3v) is 4.86. The van der Waals surface area contributed by atoms with Gasteiger partial charge in [-0.2, -0.15) is 16.8 Å². The van der Waals surface area contributed by atoms with Crippen molar-refractivity contribution < 1.29 is 35.8 Å². The fourth-order valence-electron chi connectivity index (χ4n) is 2.01. The van der Waals surface area contributed by atoms with Crippen molar-refractivity contribution in [2.45, 2.75) is 9.79 Å². The monoisotopic (exact) mass is 407 g/mol. The van der Waals surface area contributed by atoms with Crippen LogP contribution in [0.25, 0.3) is 5.69 Å². The van der Waals surface area contributed by atoms with Crippen molar-refractivity contribution in [3.8, 4) is 5.69 Å². The van der Waals surface area contributed by atoms with Gasteiger partial charge in [-0.25, -0.2) is 4.68 Å². The van der Waals surface area contributed by atoms with E-state index in [0.29, 0.717) is 22.9 Å². The highest BCUT2D eigenvalue weighted by atomic mass is 32.2. The molecule has 0 bridgehead atoms. The van der Waals surface area contributed by atoms with Gasteiger partial charge in [-0.05, 0) is 18.2 Å². The molecule has 14 heteroatoms. The molecular formula is C12H13N3O9S2. The minimum absolute atomic E-state index is 0.111. The molecule has 0 spiro atoms. The van der Waals surface area contributed by atoms with Gasteiger partial charge in [-0.15, -0.1) is 0 Å². The lowest BCUT2D eigenvalue weighted by molar-refractivity contribution is 0.0939. The molecule has 0 aliphatic carbocycles. The molecule has 2 aromatic rings. The quantitative estimate of drug-likeness (QED) is 0.349. The second-order valence-electron chi connectivity index (χ2n) is 4.90. The predicted molar refractivity (Wildman–Crippen MR) is 85.4 cm³/mol. The fourth-order valence-corrected chi connectivity index (χ4v) is 3.16. The maximum absolute atomic E-state index is 12.1. The molecule has 0 unspecified atom stereocenters. The number of amides is 1. The standard InChI is InChI=1S/C12H13N3O9S2/c16-4-3-13-12(18)8-6-11(17)15(14-8)9-5-7(25(19,20)21)1-2-10(9)26(22,23)24/h1-2,5-6,14,16H,3-4H2,(H,13,18)(H,19,20,21)(H,22,23,24). The van der Waals surface area contributed by atoms with E-state index >= 15 is 0 Å². The van der Waals surface area contributed by atoms with E-state index in [0.717, 1.165) is 6.07 Å². The van der Waals surface area contributed by atoms with Crippen molar-refractivity contribution in [2.24, 2.45) is 0 Å². The summed E-state index contributed by atoms with van der Waals surface area (Å²) in [4.78, 5) is 22.3. The summed E-state index contributed by atoms with van der Waals surface area (Å²) in [6, 6.07) is 2.81. The first-order valence-corrected chi connectivity index (χ1v) is 9.63. The van der Waals surface area contributed by atoms with Crippen molar-refractivity contribution in [1.82, 2.24) is 15.1 Å². The van der Waals surface area contributed by atoms with Crippen LogP contribution in [0.4, 0.5) is 0 Å². The van der Waals surface area contributed by atoms with E-state index in [-0.39, 0.29) is 18.8 Å². The van der Waals surface area contributed by atoms with Crippen LogP contribution in [-0.4, -0.2) is 59.9 Å². The number of nitrogens with one attached hydrogen (secondary N) is 2. The van der Waals surface area contributed by atoms with E-state index in [4.69, 9.17) is 9.66 Å². The van der Waals surface area contributed by atoms with Gasteiger partial charge in [0.15, 0.2) is 0 Å². The number of aromatic amines is 1. The second-order valence-corrected chi connectivity index (χ2v) is 7.71. The van der Waals surface area contributed by atoms with Crippen LogP contribution in [0.15, 0.2) is 38.9 Å². The molecule has 12 nitrogen and oxygen atoms in total. The van der Waals surface area contributed by atoms with Gasteiger partial charge in [-0.3, -0.25) is 23.8 Å². The summed E-state index contributed by atoms with van der Waals surface area (Å²) in [5, 5.41) is 13.2. The molecule has 1 amide bonds. The number of H-pyrrole nitrogens is 1. The Balaban J connectivity index is 2.69. The van der Waals surface area contributed by atoms with Crippen LogP contribution in [-0.2, 0) is 20.2 Å². The number of aliphatic hydroxyl groups excluding tert-OH is 1. The number of carbonyl (C=O) groups excluding carboxylic acids is 1. The van der Waals surface area contributed by atoms with Crippen LogP contribution in [0.3, 0.4) is 0 Å². The highest BCUT2D eigenvalue weighted by Gasteiger charge is 2.23. The van der Waals surface area contributed by atoms with Gasteiger partial charge >= 0.3 is 0 Å². The lowest BCUT2D eigenvalue weighted by Crippen LogP contribution is -2.26. The Kier molecular flexibility index (Phi) is 5.33. The SMILES string of the molecule is O=C(NCCO)c1cc(=O)n(-c2cc(S(=O)(=O)O)ccc2S(=O)(=O)O)[nH]1. The van der Waals surface area contributed by atoms with E-state index in [1.165, 1.54) is 0 Å². The Labute approximate surface area is 146 Å². The molecule has 1 aromatic heterocycles. The van der Waals surface area contributed by atoms with Crippen LogP contribution in [0, 0.1) is 0 Å². The Morgan fingerprint density at radius 2 is 1.77 bits per heavy atom. The van der Waals surface area contributed by atoms with Crippen molar-refractivity contribution in [2.75, 3.05) is 13.2 Å². The van der Waals surface area contributed by atoms with Gasteiger partial charge in [0.25, 0.3) is 31.7 Å². The number of aliphatic hydroxyl groups is 1. The molecule has 142 valence electrons. The van der Waals surface area contributed by atoms with E-state index in [2.05, 4.69) is 10.4 Å². The molecule has 5 N–H and O–H groups in total. The van der Waals surface area contributed by atoms with Gasteiger partial charge in [0.05, 0.1) is 17.2 Å². The highest BCUT2D eigenvalue weighted by molar-refractivity contribution is 7.86. The number of hydrogen-bond acceptors (Lipinski definition) is 7. The zero-order valence-electron chi connectivity index (χ0n) is 12.8. The zero-order valence-corrected chi connectivity index (χ0v) is 14.4. The number of benzene rings is 1. The predicted octanol–water partition coefficient (Wildman–Crippen LogP) is -1.62. The summed E-state index contributed by atoms with van der Waals surface area (Å²) in [5.74, 6) is -0.797. The molecule has 26 heavy (non-hydrogen) atoms. The largest absolute Gasteiger partial charge is 0.395 e. The summed E-state index contributed by atoms with van der Waals surface area (Å²) in [6.07, 6.45) is 0. The average Bonchev–Trinajstić information content (AvgIpc) is 2.92. The number of rotatable bonds is 6. The highest BCUT2D eigenvalue weighted by Crippen LogP contribution is 2.22. The summed E-state index contributed by atoms with van der Waals surface area (Å²) >= 11 is 0. The minimum atomic E-state index is -4.88.